The molecule has 8 heteroatoms. The quantitative estimate of drug-likeness (QED) is 0.622. The number of thioether (sulfide) groups is 1. The number of nitrogens with zero attached hydrogens (tertiary/aromatic N) is 2. The Kier molecular flexibility index (Phi) is 6.67. The van der Waals surface area contributed by atoms with Crippen LogP contribution in [0.25, 0.3) is 0 Å². The molecule has 0 bridgehead atoms. The normalized spacial score (nSPS) is 17.5. The van der Waals surface area contributed by atoms with Gasteiger partial charge >= 0.3 is 0 Å². The Balaban J connectivity index is 1.74. The predicted molar refractivity (Wildman–Crippen MR) is 130 cm³/mol. The Bertz CT molecular complexity index is 1130. The molecule has 6 nitrogen and oxygen atoms in total. The second-order valence-electron chi connectivity index (χ2n) is 7.40. The number of halogens is 1. The van der Waals surface area contributed by atoms with E-state index >= 15 is 0 Å². The maximum absolute atomic E-state index is 13.5. The number of rotatable bonds is 6. The molecule has 2 aliphatic heterocycles. The van der Waals surface area contributed by atoms with E-state index in [9.17, 15) is 9.59 Å². The SMILES string of the molecule is CCNC(=O)CC1=CSC2=NC(C)=C(C(=O)Nc3ccccc3)[C@@H](c3ccc(Cl)cc3)N12. The van der Waals surface area contributed by atoms with Gasteiger partial charge in [-0.25, -0.2) is 4.99 Å². The molecule has 2 heterocycles. The van der Waals surface area contributed by atoms with Gasteiger partial charge in [0.1, 0.15) is 0 Å². The summed E-state index contributed by atoms with van der Waals surface area (Å²) in [6, 6.07) is 16.3. The van der Waals surface area contributed by atoms with Crippen molar-refractivity contribution < 1.29 is 9.59 Å². The number of anilines is 1. The highest BCUT2D eigenvalue weighted by atomic mass is 35.5. The number of hydrogen-bond donors (Lipinski definition) is 2. The third kappa shape index (κ3) is 4.59. The molecule has 0 fully saturated rings. The lowest BCUT2D eigenvalue weighted by molar-refractivity contribution is -0.120. The van der Waals surface area contributed by atoms with Crippen LogP contribution in [0.2, 0.25) is 5.02 Å². The van der Waals surface area contributed by atoms with Gasteiger partial charge in [0.25, 0.3) is 5.91 Å². The number of benzene rings is 2. The molecule has 0 aliphatic carbocycles. The standard InChI is InChI=1S/C24H23ClN4O2S/c1-3-26-20(30)13-19-14-32-24-27-15(2)21(23(31)28-18-7-5-4-6-8-18)22(29(19)24)16-9-11-17(25)12-10-16/h4-12,14,22H,3,13H2,1-2H3,(H,26,30)(H,28,31)/t22-/m1/s1. The van der Waals surface area contributed by atoms with Crippen molar-refractivity contribution in [3.8, 4) is 0 Å². The van der Waals surface area contributed by atoms with Crippen molar-refractivity contribution in [2.75, 3.05) is 11.9 Å². The molecule has 2 N–H and O–H groups in total. The van der Waals surface area contributed by atoms with E-state index in [1.807, 2.05) is 66.6 Å². The molecule has 164 valence electrons. The highest BCUT2D eigenvalue weighted by Crippen LogP contribution is 2.44. The molecule has 0 spiro atoms. The first-order valence-corrected chi connectivity index (χ1v) is 11.6. The predicted octanol–water partition coefficient (Wildman–Crippen LogP) is 5.08. The van der Waals surface area contributed by atoms with Crippen LogP contribution in [0.5, 0.6) is 0 Å². The van der Waals surface area contributed by atoms with E-state index in [1.54, 1.807) is 12.1 Å². The molecule has 0 radical (unpaired) electrons. The molecule has 0 saturated carbocycles. The zero-order valence-corrected chi connectivity index (χ0v) is 19.3. The van der Waals surface area contributed by atoms with Crippen molar-refractivity contribution in [1.29, 1.82) is 0 Å². The second kappa shape index (κ2) is 9.63. The smallest absolute Gasteiger partial charge is 0.255 e. The van der Waals surface area contributed by atoms with Crippen LogP contribution in [0.4, 0.5) is 5.69 Å². The number of para-hydroxylation sites is 1. The number of amidine groups is 1. The van der Waals surface area contributed by atoms with E-state index < -0.39 is 6.04 Å². The van der Waals surface area contributed by atoms with Crippen LogP contribution < -0.4 is 10.6 Å². The van der Waals surface area contributed by atoms with Crippen molar-refractivity contribution in [3.63, 3.8) is 0 Å². The average molecular weight is 467 g/mol. The summed E-state index contributed by atoms with van der Waals surface area (Å²) in [5, 5.41) is 9.12. The number of hydrogen-bond acceptors (Lipinski definition) is 5. The van der Waals surface area contributed by atoms with Gasteiger partial charge in [-0.05, 0) is 49.1 Å². The summed E-state index contributed by atoms with van der Waals surface area (Å²) in [5.41, 5.74) is 3.58. The first-order valence-electron chi connectivity index (χ1n) is 10.3. The van der Waals surface area contributed by atoms with Crippen molar-refractivity contribution >= 4 is 46.0 Å². The fourth-order valence-electron chi connectivity index (χ4n) is 3.76. The van der Waals surface area contributed by atoms with Crippen LogP contribution in [-0.4, -0.2) is 28.4 Å². The molecule has 2 aliphatic rings. The Morgan fingerprint density at radius 2 is 1.84 bits per heavy atom. The molecule has 0 saturated heterocycles. The number of nitrogens with one attached hydrogen (secondary N) is 2. The molecular weight excluding hydrogens is 444 g/mol. The fraction of sp³-hybridized carbons (Fsp3) is 0.208. The number of carbonyl (C=O) groups is 2. The van der Waals surface area contributed by atoms with Crippen molar-refractivity contribution in [2.24, 2.45) is 4.99 Å². The van der Waals surface area contributed by atoms with Crippen LogP contribution in [0, 0.1) is 0 Å². The van der Waals surface area contributed by atoms with Crippen molar-refractivity contribution in [3.05, 3.63) is 87.6 Å². The minimum absolute atomic E-state index is 0.0722. The minimum atomic E-state index is -0.431. The second-order valence-corrected chi connectivity index (χ2v) is 8.67. The number of carbonyl (C=O) groups excluding carboxylic acids is 2. The highest BCUT2D eigenvalue weighted by molar-refractivity contribution is 8.16. The zero-order chi connectivity index (χ0) is 22.7. The molecule has 1 atom stereocenters. The van der Waals surface area contributed by atoms with Crippen molar-refractivity contribution in [1.82, 2.24) is 10.2 Å². The minimum Gasteiger partial charge on any atom is -0.356 e. The van der Waals surface area contributed by atoms with Gasteiger partial charge in [0.05, 0.1) is 23.7 Å². The molecule has 0 aromatic heterocycles. The highest BCUT2D eigenvalue weighted by Gasteiger charge is 2.40. The van der Waals surface area contributed by atoms with Gasteiger partial charge in [-0.15, -0.1) is 0 Å². The van der Waals surface area contributed by atoms with Crippen LogP contribution in [0.1, 0.15) is 31.9 Å². The van der Waals surface area contributed by atoms with Gasteiger partial charge in [0, 0.05) is 23.0 Å². The topological polar surface area (TPSA) is 73.8 Å². The van der Waals surface area contributed by atoms with E-state index in [2.05, 4.69) is 10.6 Å². The van der Waals surface area contributed by atoms with Gasteiger partial charge in [-0.3, -0.25) is 9.59 Å². The van der Waals surface area contributed by atoms with E-state index in [-0.39, 0.29) is 18.2 Å². The van der Waals surface area contributed by atoms with Gasteiger partial charge in [-0.1, -0.05) is 53.7 Å². The first-order chi connectivity index (χ1) is 15.5. The summed E-state index contributed by atoms with van der Waals surface area (Å²) in [6.07, 6.45) is 0.205. The van der Waals surface area contributed by atoms with E-state index in [0.717, 1.165) is 16.4 Å². The summed E-state index contributed by atoms with van der Waals surface area (Å²) in [5.74, 6) is -0.303. The third-order valence-corrected chi connectivity index (χ3v) is 6.32. The zero-order valence-electron chi connectivity index (χ0n) is 17.8. The molecule has 2 amide bonds. The fourth-order valence-corrected chi connectivity index (χ4v) is 4.85. The first kappa shape index (κ1) is 22.2. The lowest BCUT2D eigenvalue weighted by Crippen LogP contribution is -2.38. The summed E-state index contributed by atoms with van der Waals surface area (Å²) < 4.78 is 0. The largest absolute Gasteiger partial charge is 0.356 e. The molecular formula is C24H23ClN4O2S. The van der Waals surface area contributed by atoms with Gasteiger partial charge < -0.3 is 15.5 Å². The van der Waals surface area contributed by atoms with Crippen LogP contribution >= 0.6 is 23.4 Å². The number of amides is 2. The maximum Gasteiger partial charge on any atom is 0.255 e. The molecule has 0 unspecified atom stereocenters. The molecule has 32 heavy (non-hydrogen) atoms. The lowest BCUT2D eigenvalue weighted by Gasteiger charge is -2.36. The number of aliphatic imine (C=N–C) groups is 1. The molecule has 2 aromatic carbocycles. The summed E-state index contributed by atoms with van der Waals surface area (Å²) in [4.78, 5) is 32.5. The summed E-state index contributed by atoms with van der Waals surface area (Å²) in [6.45, 7) is 4.29. The Morgan fingerprint density at radius 3 is 2.53 bits per heavy atom. The van der Waals surface area contributed by atoms with E-state index in [1.165, 1.54) is 11.8 Å². The number of allylic oxidation sites excluding steroid dienone is 1. The van der Waals surface area contributed by atoms with Crippen LogP contribution in [0.3, 0.4) is 0 Å². The van der Waals surface area contributed by atoms with Gasteiger partial charge in [0.15, 0.2) is 5.17 Å². The monoisotopic (exact) mass is 466 g/mol. The average Bonchev–Trinajstić information content (AvgIpc) is 3.16. The van der Waals surface area contributed by atoms with Crippen LogP contribution in [0.15, 0.2) is 82.0 Å². The van der Waals surface area contributed by atoms with Gasteiger partial charge in [0.2, 0.25) is 5.91 Å². The van der Waals surface area contributed by atoms with E-state index in [0.29, 0.717) is 28.5 Å². The Morgan fingerprint density at radius 1 is 1.12 bits per heavy atom. The Hall–Kier alpha value is -3.03. The molecule has 4 rings (SSSR count). The summed E-state index contributed by atoms with van der Waals surface area (Å²) >= 11 is 7.59. The summed E-state index contributed by atoms with van der Waals surface area (Å²) in [7, 11) is 0. The third-order valence-electron chi connectivity index (χ3n) is 5.18. The van der Waals surface area contributed by atoms with E-state index in [4.69, 9.17) is 16.6 Å². The van der Waals surface area contributed by atoms with Gasteiger partial charge in [-0.2, -0.15) is 0 Å². The Labute approximate surface area is 196 Å². The lowest BCUT2D eigenvalue weighted by atomic mass is 9.93. The maximum atomic E-state index is 13.5. The van der Waals surface area contributed by atoms with Crippen LogP contribution in [-0.2, 0) is 9.59 Å². The van der Waals surface area contributed by atoms with Crippen molar-refractivity contribution in [2.45, 2.75) is 26.3 Å². The molecule has 2 aromatic rings. The number of fused-ring (bicyclic) bond motifs is 1.